The van der Waals surface area contributed by atoms with E-state index in [-0.39, 0.29) is 11.9 Å². The summed E-state index contributed by atoms with van der Waals surface area (Å²) in [7, 11) is 1.63. The molecule has 0 spiro atoms. The minimum absolute atomic E-state index is 0.0383. The van der Waals surface area contributed by atoms with E-state index in [4.69, 9.17) is 4.74 Å². The highest BCUT2D eigenvalue weighted by atomic mass is 16.5. The Morgan fingerprint density at radius 1 is 1.35 bits per heavy atom. The third-order valence-electron chi connectivity index (χ3n) is 2.84. The lowest BCUT2D eigenvalue weighted by atomic mass is 10.0. The van der Waals surface area contributed by atoms with Gasteiger partial charge < -0.3 is 15.4 Å². The molecule has 17 heavy (non-hydrogen) atoms. The largest absolute Gasteiger partial charge is 0.497 e. The summed E-state index contributed by atoms with van der Waals surface area (Å²) in [5.41, 5.74) is 1.74. The molecule has 1 amide bonds. The zero-order valence-corrected chi connectivity index (χ0v) is 10.4. The molecule has 1 aliphatic heterocycles. The van der Waals surface area contributed by atoms with E-state index in [0.29, 0.717) is 5.92 Å². The van der Waals surface area contributed by atoms with Gasteiger partial charge in [0.2, 0.25) is 5.91 Å². The van der Waals surface area contributed by atoms with Crippen LogP contribution >= 0.6 is 0 Å². The van der Waals surface area contributed by atoms with E-state index in [0.717, 1.165) is 23.5 Å². The number of hydrogen-bond donors (Lipinski definition) is 2. The summed E-state index contributed by atoms with van der Waals surface area (Å²) in [4.78, 5) is 11.8. The molecule has 0 saturated carbocycles. The number of anilines is 2. The Morgan fingerprint density at radius 2 is 2.12 bits per heavy atom. The van der Waals surface area contributed by atoms with E-state index >= 15 is 0 Å². The highest BCUT2D eigenvalue weighted by Gasteiger charge is 2.26. The summed E-state index contributed by atoms with van der Waals surface area (Å²) in [5.74, 6) is 1.30. The van der Waals surface area contributed by atoms with Crippen LogP contribution in [0.25, 0.3) is 0 Å². The summed E-state index contributed by atoms with van der Waals surface area (Å²) in [6, 6.07) is 5.44. The molecular weight excluding hydrogens is 216 g/mol. The number of fused-ring (bicyclic) bond motifs is 1. The van der Waals surface area contributed by atoms with Crippen LogP contribution in [0.2, 0.25) is 0 Å². The molecule has 1 aliphatic rings. The zero-order chi connectivity index (χ0) is 12.4. The van der Waals surface area contributed by atoms with Gasteiger partial charge >= 0.3 is 0 Å². The van der Waals surface area contributed by atoms with E-state index < -0.39 is 0 Å². The Morgan fingerprint density at radius 3 is 2.76 bits per heavy atom. The van der Waals surface area contributed by atoms with Gasteiger partial charge in [-0.25, -0.2) is 0 Å². The van der Waals surface area contributed by atoms with Crippen molar-refractivity contribution in [2.45, 2.75) is 26.3 Å². The lowest BCUT2D eigenvalue weighted by molar-refractivity contribution is -0.117. The Kier molecular flexibility index (Phi) is 3.22. The van der Waals surface area contributed by atoms with E-state index in [1.54, 1.807) is 7.11 Å². The van der Waals surface area contributed by atoms with Gasteiger partial charge in [0.15, 0.2) is 0 Å². The van der Waals surface area contributed by atoms with Crippen molar-refractivity contribution in [2.24, 2.45) is 5.92 Å². The van der Waals surface area contributed by atoms with Gasteiger partial charge in [-0.15, -0.1) is 0 Å². The predicted molar refractivity (Wildman–Crippen MR) is 68.5 cm³/mol. The third kappa shape index (κ3) is 2.52. The molecular formula is C13H18N2O2. The second-order valence-corrected chi connectivity index (χ2v) is 4.73. The first-order chi connectivity index (χ1) is 8.10. The van der Waals surface area contributed by atoms with E-state index in [1.807, 2.05) is 18.2 Å². The van der Waals surface area contributed by atoms with Crippen LogP contribution in [-0.4, -0.2) is 19.1 Å². The fourth-order valence-corrected chi connectivity index (χ4v) is 1.99. The average Bonchev–Trinajstić information content (AvgIpc) is 2.29. The third-order valence-corrected chi connectivity index (χ3v) is 2.84. The van der Waals surface area contributed by atoms with Crippen LogP contribution in [0, 0.1) is 5.92 Å². The van der Waals surface area contributed by atoms with Crippen molar-refractivity contribution in [3.63, 3.8) is 0 Å². The number of nitrogens with one attached hydrogen (secondary N) is 2. The smallest absolute Gasteiger partial charge is 0.246 e. The molecule has 1 unspecified atom stereocenters. The maximum Gasteiger partial charge on any atom is 0.246 e. The maximum atomic E-state index is 11.8. The van der Waals surface area contributed by atoms with Crippen LogP contribution in [0.5, 0.6) is 5.75 Å². The van der Waals surface area contributed by atoms with Gasteiger partial charge in [-0.3, -0.25) is 4.79 Å². The summed E-state index contributed by atoms with van der Waals surface area (Å²) in [6.07, 6.45) is 0.822. The number of ether oxygens (including phenoxy) is 1. The van der Waals surface area contributed by atoms with Crippen LogP contribution in [-0.2, 0) is 4.79 Å². The van der Waals surface area contributed by atoms with Crippen molar-refractivity contribution in [2.75, 3.05) is 17.7 Å². The van der Waals surface area contributed by atoms with Gasteiger partial charge in [-0.2, -0.15) is 0 Å². The molecule has 0 radical (unpaired) electrons. The Bertz CT molecular complexity index is 429. The van der Waals surface area contributed by atoms with Crippen LogP contribution in [0.4, 0.5) is 11.4 Å². The number of benzene rings is 1. The molecule has 1 aromatic rings. The fourth-order valence-electron chi connectivity index (χ4n) is 1.99. The Labute approximate surface area is 101 Å². The van der Waals surface area contributed by atoms with Crippen LogP contribution in [0.15, 0.2) is 18.2 Å². The molecule has 0 fully saturated rings. The lowest BCUT2D eigenvalue weighted by Crippen LogP contribution is -2.39. The second-order valence-electron chi connectivity index (χ2n) is 4.73. The lowest BCUT2D eigenvalue weighted by Gasteiger charge is -2.28. The van der Waals surface area contributed by atoms with Gasteiger partial charge in [0.1, 0.15) is 11.8 Å². The van der Waals surface area contributed by atoms with Crippen molar-refractivity contribution in [3.05, 3.63) is 18.2 Å². The second kappa shape index (κ2) is 4.65. The number of carbonyl (C=O) groups excluding carboxylic acids is 1. The van der Waals surface area contributed by atoms with Crippen molar-refractivity contribution in [1.82, 2.24) is 0 Å². The zero-order valence-electron chi connectivity index (χ0n) is 10.4. The highest BCUT2D eigenvalue weighted by Crippen LogP contribution is 2.31. The predicted octanol–water partition coefficient (Wildman–Crippen LogP) is 2.47. The first-order valence-corrected chi connectivity index (χ1v) is 5.85. The van der Waals surface area contributed by atoms with Crippen LogP contribution < -0.4 is 15.4 Å². The Balaban J connectivity index is 2.22. The van der Waals surface area contributed by atoms with Gasteiger partial charge in [-0.05, 0) is 24.5 Å². The molecule has 0 aliphatic carbocycles. The SMILES string of the molecule is COc1ccc2c(c1)NC(CC(C)C)C(=O)N2. The van der Waals surface area contributed by atoms with Gasteiger partial charge in [0, 0.05) is 6.07 Å². The number of hydrogen-bond acceptors (Lipinski definition) is 3. The van der Waals surface area contributed by atoms with Crippen molar-refractivity contribution >= 4 is 17.3 Å². The number of rotatable bonds is 3. The fraction of sp³-hybridized carbons (Fsp3) is 0.462. The summed E-state index contributed by atoms with van der Waals surface area (Å²) >= 11 is 0. The highest BCUT2D eigenvalue weighted by molar-refractivity contribution is 6.03. The van der Waals surface area contributed by atoms with Gasteiger partial charge in [0.05, 0.1) is 18.5 Å². The standard InChI is InChI=1S/C13H18N2O2/c1-8(2)6-12-13(16)15-10-5-4-9(17-3)7-11(10)14-12/h4-5,7-8,12,14H,6H2,1-3H3,(H,15,16). The van der Waals surface area contributed by atoms with E-state index in [1.165, 1.54) is 0 Å². The monoisotopic (exact) mass is 234 g/mol. The van der Waals surface area contributed by atoms with Crippen molar-refractivity contribution < 1.29 is 9.53 Å². The maximum absolute atomic E-state index is 11.8. The van der Waals surface area contributed by atoms with Crippen molar-refractivity contribution in [1.29, 1.82) is 0 Å². The number of amides is 1. The molecule has 0 bridgehead atoms. The van der Waals surface area contributed by atoms with Gasteiger partial charge in [-0.1, -0.05) is 13.8 Å². The van der Waals surface area contributed by atoms with E-state index in [2.05, 4.69) is 24.5 Å². The molecule has 1 atom stereocenters. The summed E-state index contributed by atoms with van der Waals surface area (Å²) in [6.45, 7) is 4.21. The van der Waals surface area contributed by atoms with E-state index in [9.17, 15) is 4.79 Å². The normalized spacial score (nSPS) is 18.4. The van der Waals surface area contributed by atoms with Crippen molar-refractivity contribution in [3.8, 4) is 5.75 Å². The van der Waals surface area contributed by atoms with Crippen LogP contribution in [0.1, 0.15) is 20.3 Å². The number of carbonyl (C=O) groups is 1. The molecule has 2 rings (SSSR count). The quantitative estimate of drug-likeness (QED) is 0.844. The summed E-state index contributed by atoms with van der Waals surface area (Å²) < 4.78 is 5.17. The molecule has 1 aromatic carbocycles. The van der Waals surface area contributed by atoms with Crippen LogP contribution in [0.3, 0.4) is 0 Å². The minimum Gasteiger partial charge on any atom is -0.497 e. The first-order valence-electron chi connectivity index (χ1n) is 5.85. The first kappa shape index (κ1) is 11.8. The van der Waals surface area contributed by atoms with Gasteiger partial charge in [0.25, 0.3) is 0 Å². The molecule has 4 heteroatoms. The molecule has 92 valence electrons. The average molecular weight is 234 g/mol. The minimum atomic E-state index is -0.158. The topological polar surface area (TPSA) is 50.4 Å². The molecule has 0 saturated heterocycles. The molecule has 0 aromatic heterocycles. The molecule has 2 N–H and O–H groups in total. The molecule has 1 heterocycles. The Hall–Kier alpha value is -1.71. The molecule has 4 nitrogen and oxygen atoms in total. The summed E-state index contributed by atoms with van der Waals surface area (Å²) in [5, 5.41) is 6.17. The number of methoxy groups -OCH3 is 1.